The van der Waals surface area contributed by atoms with Gasteiger partial charge in [0.15, 0.2) is 11.5 Å². The molecule has 0 unspecified atom stereocenters. The van der Waals surface area contributed by atoms with Crippen LogP contribution in [0.2, 0.25) is 0 Å². The smallest absolute Gasteiger partial charge is 0.162 e. The van der Waals surface area contributed by atoms with E-state index in [0.29, 0.717) is 22.1 Å². The number of thiazole rings is 1. The van der Waals surface area contributed by atoms with Crippen molar-refractivity contribution in [1.29, 1.82) is 5.26 Å². The van der Waals surface area contributed by atoms with Crippen LogP contribution in [0, 0.1) is 11.3 Å². The van der Waals surface area contributed by atoms with Crippen LogP contribution in [-0.4, -0.2) is 19.2 Å². The quantitative estimate of drug-likeness (QED) is 0.628. The average Bonchev–Trinajstić information content (AvgIpc) is 3.33. The van der Waals surface area contributed by atoms with E-state index >= 15 is 0 Å². The topological polar surface area (TPSA) is 67.2 Å². The molecule has 0 amide bonds. The fourth-order valence-corrected chi connectivity index (χ4v) is 3.70. The van der Waals surface area contributed by atoms with Crippen molar-refractivity contribution < 1.29 is 9.47 Å². The number of nitriles is 1. The minimum Gasteiger partial charge on any atom is -0.493 e. The Labute approximate surface area is 153 Å². The molecule has 25 heavy (non-hydrogen) atoms. The lowest BCUT2D eigenvalue weighted by molar-refractivity contribution is 0.355. The van der Waals surface area contributed by atoms with Crippen LogP contribution in [0.3, 0.4) is 0 Å². The number of thiophene rings is 1. The molecular formula is C18H15N3O2S2. The van der Waals surface area contributed by atoms with Crippen LogP contribution in [0.25, 0.3) is 16.1 Å². The molecule has 3 aromatic rings. The number of aromatic nitrogens is 1. The molecule has 0 atom stereocenters. The zero-order valence-corrected chi connectivity index (χ0v) is 15.3. The van der Waals surface area contributed by atoms with Crippen LogP contribution in [-0.2, 0) is 0 Å². The SMILES string of the molecule is COc1ccc(NC=C(C#N)c2nc(-c3cccs3)cs2)cc1OC. The molecule has 0 aliphatic rings. The Hall–Kier alpha value is -2.82. The Kier molecular flexibility index (Phi) is 5.33. The number of hydrogen-bond acceptors (Lipinski definition) is 7. The highest BCUT2D eigenvalue weighted by Gasteiger charge is 2.10. The van der Waals surface area contributed by atoms with Gasteiger partial charge in [-0.25, -0.2) is 4.98 Å². The highest BCUT2D eigenvalue weighted by Crippen LogP contribution is 2.31. The molecule has 3 rings (SSSR count). The molecule has 0 saturated heterocycles. The van der Waals surface area contributed by atoms with Crippen molar-refractivity contribution in [1.82, 2.24) is 4.98 Å². The second kappa shape index (κ2) is 7.83. The third-order valence-corrected chi connectivity index (χ3v) is 5.16. The number of benzene rings is 1. The molecule has 2 heterocycles. The normalized spacial score (nSPS) is 11.0. The highest BCUT2D eigenvalue weighted by atomic mass is 32.1. The summed E-state index contributed by atoms with van der Waals surface area (Å²) in [5.74, 6) is 1.27. The second-order valence-electron chi connectivity index (χ2n) is 4.90. The second-order valence-corrected chi connectivity index (χ2v) is 6.70. The molecule has 126 valence electrons. The van der Waals surface area contributed by atoms with Crippen molar-refractivity contribution in [3.63, 3.8) is 0 Å². The predicted molar refractivity (Wildman–Crippen MR) is 102 cm³/mol. The molecule has 0 spiro atoms. The van der Waals surface area contributed by atoms with E-state index in [4.69, 9.17) is 9.47 Å². The molecule has 0 saturated carbocycles. The van der Waals surface area contributed by atoms with Crippen LogP contribution >= 0.6 is 22.7 Å². The van der Waals surface area contributed by atoms with Gasteiger partial charge in [-0.05, 0) is 23.6 Å². The lowest BCUT2D eigenvalue weighted by Gasteiger charge is -2.09. The average molecular weight is 369 g/mol. The van der Waals surface area contributed by atoms with E-state index in [9.17, 15) is 5.26 Å². The zero-order chi connectivity index (χ0) is 17.6. The Balaban J connectivity index is 1.81. The Bertz CT molecular complexity index is 924. The van der Waals surface area contributed by atoms with E-state index < -0.39 is 0 Å². The molecule has 0 aliphatic carbocycles. The largest absolute Gasteiger partial charge is 0.493 e. The van der Waals surface area contributed by atoms with E-state index in [2.05, 4.69) is 16.4 Å². The van der Waals surface area contributed by atoms with Crippen LogP contribution in [0.1, 0.15) is 5.01 Å². The van der Waals surface area contributed by atoms with Crippen LogP contribution in [0.15, 0.2) is 47.3 Å². The van der Waals surface area contributed by atoms with Crippen molar-refractivity contribution in [2.24, 2.45) is 0 Å². The van der Waals surface area contributed by atoms with E-state index in [-0.39, 0.29) is 0 Å². The van der Waals surface area contributed by atoms with E-state index in [1.54, 1.807) is 37.8 Å². The number of rotatable bonds is 6. The van der Waals surface area contributed by atoms with Gasteiger partial charge in [0.25, 0.3) is 0 Å². The van der Waals surface area contributed by atoms with Gasteiger partial charge in [-0.15, -0.1) is 22.7 Å². The summed E-state index contributed by atoms with van der Waals surface area (Å²) < 4.78 is 10.5. The van der Waals surface area contributed by atoms with Crippen molar-refractivity contribution in [3.05, 3.63) is 52.3 Å². The summed E-state index contributed by atoms with van der Waals surface area (Å²) in [6.07, 6.45) is 1.65. The van der Waals surface area contributed by atoms with Crippen molar-refractivity contribution in [3.8, 4) is 28.1 Å². The van der Waals surface area contributed by atoms with Gasteiger partial charge >= 0.3 is 0 Å². The summed E-state index contributed by atoms with van der Waals surface area (Å²) in [7, 11) is 3.17. The Morgan fingerprint density at radius 1 is 1.20 bits per heavy atom. The van der Waals surface area contributed by atoms with Gasteiger partial charge in [0.05, 0.1) is 24.8 Å². The minimum atomic E-state index is 0.475. The van der Waals surface area contributed by atoms with Crippen molar-refractivity contribution in [2.75, 3.05) is 19.5 Å². The van der Waals surface area contributed by atoms with Crippen LogP contribution in [0.5, 0.6) is 11.5 Å². The summed E-state index contributed by atoms with van der Waals surface area (Å²) in [6, 6.07) is 11.7. The molecule has 0 fully saturated rings. The van der Waals surface area contributed by atoms with Crippen molar-refractivity contribution >= 4 is 33.9 Å². The van der Waals surface area contributed by atoms with Gasteiger partial charge in [-0.1, -0.05) is 6.07 Å². The summed E-state index contributed by atoms with van der Waals surface area (Å²) in [5, 5.41) is 17.2. The number of allylic oxidation sites excluding steroid dienone is 1. The third kappa shape index (κ3) is 3.82. The van der Waals surface area contributed by atoms with E-state index in [1.165, 1.54) is 11.3 Å². The van der Waals surface area contributed by atoms with Gasteiger partial charge in [0, 0.05) is 23.3 Å². The minimum absolute atomic E-state index is 0.475. The summed E-state index contributed by atoms with van der Waals surface area (Å²) >= 11 is 3.08. The number of ether oxygens (including phenoxy) is 2. The Morgan fingerprint density at radius 2 is 2.04 bits per heavy atom. The first kappa shape index (κ1) is 17.0. The van der Waals surface area contributed by atoms with Crippen LogP contribution in [0.4, 0.5) is 5.69 Å². The third-order valence-electron chi connectivity index (χ3n) is 3.40. The number of nitrogens with one attached hydrogen (secondary N) is 1. The molecule has 0 bridgehead atoms. The first-order chi connectivity index (χ1) is 12.2. The molecule has 0 aliphatic heterocycles. The number of anilines is 1. The van der Waals surface area contributed by atoms with Crippen molar-refractivity contribution in [2.45, 2.75) is 0 Å². The monoisotopic (exact) mass is 369 g/mol. The lowest BCUT2D eigenvalue weighted by Crippen LogP contribution is -1.94. The molecule has 0 radical (unpaired) electrons. The maximum Gasteiger partial charge on any atom is 0.162 e. The highest BCUT2D eigenvalue weighted by molar-refractivity contribution is 7.14. The van der Waals surface area contributed by atoms with Gasteiger partial charge < -0.3 is 14.8 Å². The maximum absolute atomic E-state index is 9.45. The number of nitrogens with zero attached hydrogens (tertiary/aromatic N) is 2. The summed E-state index contributed by atoms with van der Waals surface area (Å²) in [5.41, 5.74) is 2.16. The molecule has 1 aromatic carbocycles. The first-order valence-electron chi connectivity index (χ1n) is 7.33. The number of methoxy groups -OCH3 is 2. The van der Waals surface area contributed by atoms with Crippen LogP contribution < -0.4 is 14.8 Å². The fourth-order valence-electron chi connectivity index (χ4n) is 2.16. The summed E-state index contributed by atoms with van der Waals surface area (Å²) in [6.45, 7) is 0. The van der Waals surface area contributed by atoms with E-state index in [1.807, 2.05) is 35.0 Å². The van der Waals surface area contributed by atoms with Gasteiger partial charge in [-0.3, -0.25) is 0 Å². The van der Waals surface area contributed by atoms with Gasteiger partial charge in [0.1, 0.15) is 16.6 Å². The van der Waals surface area contributed by atoms with Gasteiger partial charge in [-0.2, -0.15) is 5.26 Å². The molecule has 5 nitrogen and oxygen atoms in total. The molecule has 1 N–H and O–H groups in total. The number of hydrogen-bond donors (Lipinski definition) is 1. The fraction of sp³-hybridized carbons (Fsp3) is 0.111. The molecule has 7 heteroatoms. The Morgan fingerprint density at radius 3 is 2.72 bits per heavy atom. The predicted octanol–water partition coefficient (Wildman–Crippen LogP) is 4.87. The zero-order valence-electron chi connectivity index (χ0n) is 13.6. The summed E-state index contributed by atoms with van der Waals surface area (Å²) in [4.78, 5) is 5.64. The van der Waals surface area contributed by atoms with E-state index in [0.717, 1.165) is 16.3 Å². The maximum atomic E-state index is 9.45. The molecular weight excluding hydrogens is 354 g/mol. The first-order valence-corrected chi connectivity index (χ1v) is 9.09. The standard InChI is InChI=1S/C18H15N3O2S2/c1-22-15-6-5-13(8-16(15)23-2)20-10-12(9-19)18-21-14(11-25-18)17-4-3-7-24-17/h3-8,10-11,20H,1-2H3. The van der Waals surface area contributed by atoms with Gasteiger partial charge in [0.2, 0.25) is 0 Å². The lowest BCUT2D eigenvalue weighted by atomic mass is 10.2. The molecule has 2 aromatic heterocycles.